The van der Waals surface area contributed by atoms with Crippen molar-refractivity contribution in [2.75, 3.05) is 10.6 Å². The number of alkyl halides is 3. The van der Waals surface area contributed by atoms with Crippen LogP contribution in [0.25, 0.3) is 0 Å². The van der Waals surface area contributed by atoms with E-state index in [0.717, 1.165) is 17.8 Å². The van der Waals surface area contributed by atoms with Gasteiger partial charge in [-0.2, -0.15) is 18.2 Å². The summed E-state index contributed by atoms with van der Waals surface area (Å²) in [6, 6.07) is 13.9. The van der Waals surface area contributed by atoms with Crippen molar-refractivity contribution in [3.63, 3.8) is 0 Å². The minimum absolute atomic E-state index is 0.0927. The van der Waals surface area contributed by atoms with Crippen LogP contribution in [0.3, 0.4) is 0 Å². The molecule has 1 atom stereocenters. The smallest absolute Gasteiger partial charge is 0.334 e. The van der Waals surface area contributed by atoms with Crippen LogP contribution in [0.4, 0.5) is 24.5 Å². The average Bonchev–Trinajstić information content (AvgIpc) is 2.99. The number of thioether (sulfide) groups is 1. The monoisotopic (exact) mass is 407 g/mol. The molecule has 1 heterocycles. The maximum atomic E-state index is 13.1. The molecule has 2 aromatic carbocycles. The summed E-state index contributed by atoms with van der Waals surface area (Å²) >= 11 is 1.02. The van der Waals surface area contributed by atoms with E-state index < -0.39 is 22.9 Å². The number of benzene rings is 2. The van der Waals surface area contributed by atoms with Crippen LogP contribution in [-0.4, -0.2) is 22.2 Å². The van der Waals surface area contributed by atoms with Crippen molar-refractivity contribution in [1.29, 1.82) is 0 Å². The highest BCUT2D eigenvalue weighted by Crippen LogP contribution is 2.36. The summed E-state index contributed by atoms with van der Waals surface area (Å²) in [6.45, 7) is 0. The fraction of sp³-hybridized carbons (Fsp3) is 0.211. The quantitative estimate of drug-likeness (QED) is 0.764. The molecule has 2 aromatic rings. The summed E-state index contributed by atoms with van der Waals surface area (Å²) in [6.07, 6.45) is -4.19. The molecule has 2 N–H and O–H groups in total. The van der Waals surface area contributed by atoms with Crippen LogP contribution in [0.1, 0.15) is 18.4 Å². The number of carbonyl (C=O) groups is 2. The number of hydrogen-bond donors (Lipinski definition) is 2. The van der Waals surface area contributed by atoms with Gasteiger partial charge in [-0.25, -0.2) is 0 Å². The third kappa shape index (κ3) is 5.13. The number of aliphatic imine (C=N–C) groups is 1. The number of para-hydroxylation sites is 2. The average molecular weight is 407 g/mol. The third-order valence-electron chi connectivity index (χ3n) is 3.91. The first-order valence-electron chi connectivity index (χ1n) is 8.40. The van der Waals surface area contributed by atoms with E-state index in [0.29, 0.717) is 5.69 Å². The zero-order valence-electron chi connectivity index (χ0n) is 14.5. The number of anilines is 2. The summed E-state index contributed by atoms with van der Waals surface area (Å²) in [5.74, 6) is -0.715. The van der Waals surface area contributed by atoms with Crippen molar-refractivity contribution in [3.05, 3.63) is 60.2 Å². The van der Waals surface area contributed by atoms with E-state index in [4.69, 9.17) is 0 Å². The number of rotatable bonds is 5. The Morgan fingerprint density at radius 2 is 1.75 bits per heavy atom. The molecule has 28 heavy (non-hydrogen) atoms. The normalized spacial score (nSPS) is 16.6. The number of amides is 2. The fourth-order valence-electron chi connectivity index (χ4n) is 2.59. The highest BCUT2D eigenvalue weighted by molar-refractivity contribution is 8.15. The number of hydrogen-bond acceptors (Lipinski definition) is 4. The number of nitrogens with zero attached hydrogens (tertiary/aromatic N) is 1. The molecule has 0 bridgehead atoms. The molecule has 0 radical (unpaired) electrons. The van der Waals surface area contributed by atoms with Crippen LogP contribution in [0.5, 0.6) is 0 Å². The van der Waals surface area contributed by atoms with Crippen molar-refractivity contribution < 1.29 is 22.8 Å². The summed E-state index contributed by atoms with van der Waals surface area (Å²) in [5.41, 5.74) is -0.353. The Morgan fingerprint density at radius 1 is 1.07 bits per heavy atom. The van der Waals surface area contributed by atoms with Gasteiger partial charge in [-0.1, -0.05) is 42.1 Å². The molecule has 9 heteroatoms. The van der Waals surface area contributed by atoms with Crippen molar-refractivity contribution in [2.45, 2.75) is 24.3 Å². The van der Waals surface area contributed by atoms with E-state index in [1.165, 1.54) is 18.2 Å². The van der Waals surface area contributed by atoms with Crippen LogP contribution in [0.15, 0.2) is 59.6 Å². The Bertz CT molecular complexity index is 901. The first-order chi connectivity index (χ1) is 13.3. The largest absolute Gasteiger partial charge is 0.418 e. The molecule has 0 saturated heterocycles. The van der Waals surface area contributed by atoms with Crippen LogP contribution in [0, 0.1) is 0 Å². The second kappa shape index (κ2) is 8.47. The van der Waals surface area contributed by atoms with E-state index in [-0.39, 0.29) is 29.6 Å². The maximum absolute atomic E-state index is 13.1. The van der Waals surface area contributed by atoms with Gasteiger partial charge in [0.25, 0.3) is 5.91 Å². The molecular weight excluding hydrogens is 391 g/mol. The predicted molar refractivity (Wildman–Crippen MR) is 103 cm³/mol. The Morgan fingerprint density at radius 3 is 2.46 bits per heavy atom. The number of carbonyl (C=O) groups excluding carboxylic acids is 2. The molecular formula is C19H16F3N3O2S. The molecule has 3 rings (SSSR count). The number of nitrogens with one attached hydrogen (secondary N) is 2. The lowest BCUT2D eigenvalue weighted by molar-refractivity contribution is -0.137. The summed E-state index contributed by atoms with van der Waals surface area (Å²) in [7, 11) is 0. The summed E-state index contributed by atoms with van der Waals surface area (Å²) in [5, 5.41) is 4.78. The van der Waals surface area contributed by atoms with Gasteiger partial charge in [0.15, 0.2) is 5.17 Å². The molecule has 1 aliphatic heterocycles. The van der Waals surface area contributed by atoms with Crippen LogP contribution >= 0.6 is 11.8 Å². The zero-order chi connectivity index (χ0) is 20.1. The lowest BCUT2D eigenvalue weighted by Gasteiger charge is -2.14. The van der Waals surface area contributed by atoms with E-state index in [1.54, 1.807) is 24.3 Å². The molecule has 0 fully saturated rings. The van der Waals surface area contributed by atoms with Gasteiger partial charge in [-0.05, 0) is 30.7 Å². The third-order valence-corrected chi connectivity index (χ3v) is 5.04. The molecule has 1 unspecified atom stereocenters. The molecule has 0 saturated carbocycles. The lowest BCUT2D eigenvalue weighted by atomic mass is 10.2. The second-order valence-corrected chi connectivity index (χ2v) is 7.17. The van der Waals surface area contributed by atoms with Gasteiger partial charge in [0.1, 0.15) is 0 Å². The lowest BCUT2D eigenvalue weighted by Crippen LogP contribution is -2.17. The first kappa shape index (κ1) is 19.9. The molecule has 0 aromatic heterocycles. The van der Waals surface area contributed by atoms with Gasteiger partial charge in [-0.15, -0.1) is 0 Å². The summed E-state index contributed by atoms with van der Waals surface area (Å²) < 4.78 is 39.2. The Hall–Kier alpha value is -2.81. The minimum atomic E-state index is -4.52. The van der Waals surface area contributed by atoms with Gasteiger partial charge in [0, 0.05) is 12.1 Å². The number of amidine groups is 1. The van der Waals surface area contributed by atoms with E-state index in [1.807, 2.05) is 6.07 Å². The first-order valence-corrected chi connectivity index (χ1v) is 9.28. The van der Waals surface area contributed by atoms with Crippen LogP contribution < -0.4 is 10.6 Å². The van der Waals surface area contributed by atoms with Gasteiger partial charge >= 0.3 is 6.18 Å². The topological polar surface area (TPSA) is 70.6 Å². The Labute approximate surface area is 163 Å². The fourth-order valence-corrected chi connectivity index (χ4v) is 3.56. The van der Waals surface area contributed by atoms with E-state index >= 15 is 0 Å². The van der Waals surface area contributed by atoms with Crippen LogP contribution in [-0.2, 0) is 15.8 Å². The maximum Gasteiger partial charge on any atom is 0.418 e. The van der Waals surface area contributed by atoms with Crippen molar-refractivity contribution in [2.24, 2.45) is 4.99 Å². The van der Waals surface area contributed by atoms with Gasteiger partial charge < -0.3 is 10.6 Å². The van der Waals surface area contributed by atoms with Crippen LogP contribution in [0.2, 0.25) is 0 Å². The van der Waals surface area contributed by atoms with Gasteiger partial charge in [0.2, 0.25) is 5.91 Å². The summed E-state index contributed by atoms with van der Waals surface area (Å²) in [4.78, 5) is 27.8. The standard InChI is InChI=1S/C19H16F3N3O2S/c20-19(21,22)13-8-4-5-9-14(13)24-18-25-17(27)15(28-18)10-11-16(26)23-12-6-2-1-3-7-12/h1-9,15H,10-11H2,(H,23,26)(H,24,25,27). The molecule has 1 aliphatic rings. The van der Waals surface area contributed by atoms with Gasteiger partial charge in [0.05, 0.1) is 16.5 Å². The zero-order valence-corrected chi connectivity index (χ0v) is 15.3. The number of halogens is 3. The van der Waals surface area contributed by atoms with E-state index in [2.05, 4.69) is 15.6 Å². The van der Waals surface area contributed by atoms with Crippen molar-refractivity contribution in [1.82, 2.24) is 0 Å². The minimum Gasteiger partial charge on any atom is -0.334 e. The predicted octanol–water partition coefficient (Wildman–Crippen LogP) is 4.53. The van der Waals surface area contributed by atoms with Gasteiger partial charge in [-0.3, -0.25) is 9.59 Å². The highest BCUT2D eigenvalue weighted by atomic mass is 32.2. The Kier molecular flexibility index (Phi) is 6.03. The van der Waals surface area contributed by atoms with E-state index in [9.17, 15) is 22.8 Å². The molecule has 0 aliphatic carbocycles. The molecule has 2 amide bonds. The second-order valence-electron chi connectivity index (χ2n) is 5.98. The van der Waals surface area contributed by atoms with Crippen molar-refractivity contribution in [3.8, 4) is 0 Å². The Balaban J connectivity index is 1.55. The molecule has 146 valence electrons. The molecule has 0 spiro atoms. The highest BCUT2D eigenvalue weighted by Gasteiger charge is 2.35. The SMILES string of the molecule is O=C(CCC1SC(Nc2ccccc2C(F)(F)F)=NC1=O)Nc1ccccc1. The van der Waals surface area contributed by atoms with Crippen molar-refractivity contribution >= 4 is 40.1 Å². The molecule has 5 nitrogen and oxygen atoms in total.